The van der Waals surface area contributed by atoms with Gasteiger partial charge in [0.2, 0.25) is 5.91 Å². The molecule has 0 aromatic heterocycles. The number of nitrogens with two attached hydrogens (primary N) is 1. The molecule has 112 valence electrons. The van der Waals surface area contributed by atoms with E-state index in [1.54, 1.807) is 26.8 Å². The third-order valence-corrected chi connectivity index (χ3v) is 3.09. The summed E-state index contributed by atoms with van der Waals surface area (Å²) in [4.78, 5) is 11.8. The summed E-state index contributed by atoms with van der Waals surface area (Å²) in [5.74, 6) is -0.409. The first-order valence-electron chi connectivity index (χ1n) is 6.36. The largest absolute Gasteiger partial charge is 0.416 e. The van der Waals surface area contributed by atoms with Gasteiger partial charge in [-0.2, -0.15) is 13.2 Å². The standard InChI is InChI=1S/C14H19F3N2O/c1-8(2)12(18)13(20)19-9(3)10-5-4-6-11(7-10)14(15,16)17/h4-9,12H,18H2,1-3H3,(H,19,20)/t9?,12-/m1/s1. The molecule has 1 aromatic carbocycles. The maximum absolute atomic E-state index is 12.6. The Kier molecular flexibility index (Phi) is 5.16. The molecule has 0 heterocycles. The summed E-state index contributed by atoms with van der Waals surface area (Å²) in [5, 5.41) is 2.62. The Labute approximate surface area is 116 Å². The van der Waals surface area contributed by atoms with Gasteiger partial charge >= 0.3 is 6.18 Å². The predicted octanol–water partition coefficient (Wildman–Crippen LogP) is 2.87. The predicted molar refractivity (Wildman–Crippen MR) is 70.8 cm³/mol. The van der Waals surface area contributed by atoms with Crippen molar-refractivity contribution in [2.75, 3.05) is 0 Å². The summed E-state index contributed by atoms with van der Waals surface area (Å²) in [7, 11) is 0. The van der Waals surface area contributed by atoms with Crippen LogP contribution in [-0.2, 0) is 11.0 Å². The molecule has 0 saturated heterocycles. The first-order valence-corrected chi connectivity index (χ1v) is 6.36. The normalized spacial score (nSPS) is 15.0. The monoisotopic (exact) mass is 288 g/mol. The van der Waals surface area contributed by atoms with Gasteiger partial charge in [-0.05, 0) is 30.5 Å². The van der Waals surface area contributed by atoms with Crippen LogP contribution >= 0.6 is 0 Å². The van der Waals surface area contributed by atoms with Gasteiger partial charge in [-0.15, -0.1) is 0 Å². The molecule has 20 heavy (non-hydrogen) atoms. The SMILES string of the molecule is CC(NC(=O)[C@H](N)C(C)C)c1cccc(C(F)(F)F)c1. The van der Waals surface area contributed by atoms with Gasteiger partial charge in [0.1, 0.15) is 0 Å². The molecule has 3 N–H and O–H groups in total. The molecular weight excluding hydrogens is 269 g/mol. The van der Waals surface area contributed by atoms with Gasteiger partial charge in [-0.25, -0.2) is 0 Å². The van der Waals surface area contributed by atoms with Crippen LogP contribution in [0.2, 0.25) is 0 Å². The van der Waals surface area contributed by atoms with Gasteiger partial charge in [0.15, 0.2) is 0 Å². The van der Waals surface area contributed by atoms with Crippen LogP contribution < -0.4 is 11.1 Å². The van der Waals surface area contributed by atoms with E-state index in [1.165, 1.54) is 6.07 Å². The molecular formula is C14H19F3N2O. The Balaban J connectivity index is 2.83. The third-order valence-electron chi connectivity index (χ3n) is 3.09. The smallest absolute Gasteiger partial charge is 0.348 e. The quantitative estimate of drug-likeness (QED) is 0.895. The first-order chi connectivity index (χ1) is 9.12. The fourth-order valence-electron chi connectivity index (χ4n) is 1.68. The summed E-state index contributed by atoms with van der Waals surface area (Å²) in [6, 6.07) is 3.69. The highest BCUT2D eigenvalue weighted by Crippen LogP contribution is 2.30. The van der Waals surface area contributed by atoms with Crippen molar-refractivity contribution in [3.8, 4) is 0 Å². The Hall–Kier alpha value is -1.56. The number of rotatable bonds is 4. The molecule has 1 amide bonds. The number of carbonyl (C=O) groups excluding carboxylic acids is 1. The average Bonchev–Trinajstić information content (AvgIpc) is 2.36. The van der Waals surface area contributed by atoms with Crippen molar-refractivity contribution < 1.29 is 18.0 Å². The number of carbonyl (C=O) groups is 1. The van der Waals surface area contributed by atoms with Crippen LogP contribution in [0, 0.1) is 5.92 Å². The maximum atomic E-state index is 12.6. The number of amides is 1. The Morgan fingerprint density at radius 3 is 2.35 bits per heavy atom. The molecule has 0 fully saturated rings. The van der Waals surface area contributed by atoms with Crippen LogP contribution in [0.3, 0.4) is 0 Å². The molecule has 0 saturated carbocycles. The minimum Gasteiger partial charge on any atom is -0.348 e. The number of hydrogen-bond donors (Lipinski definition) is 2. The first kappa shape index (κ1) is 16.5. The summed E-state index contributed by atoms with van der Waals surface area (Å²) in [5.41, 5.74) is 5.35. The molecule has 3 nitrogen and oxygen atoms in total. The van der Waals surface area contributed by atoms with Gasteiger partial charge in [0, 0.05) is 0 Å². The number of alkyl halides is 3. The number of benzene rings is 1. The minimum atomic E-state index is -4.39. The van der Waals surface area contributed by atoms with E-state index in [9.17, 15) is 18.0 Å². The summed E-state index contributed by atoms with van der Waals surface area (Å²) < 4.78 is 37.9. The van der Waals surface area contributed by atoms with E-state index in [0.29, 0.717) is 5.56 Å². The number of halogens is 3. The van der Waals surface area contributed by atoms with E-state index >= 15 is 0 Å². The van der Waals surface area contributed by atoms with Gasteiger partial charge < -0.3 is 11.1 Å². The van der Waals surface area contributed by atoms with E-state index in [4.69, 9.17) is 5.73 Å². The number of nitrogens with one attached hydrogen (secondary N) is 1. The molecule has 0 aliphatic heterocycles. The minimum absolute atomic E-state index is 0.0382. The molecule has 0 bridgehead atoms. The van der Waals surface area contributed by atoms with Crippen molar-refractivity contribution in [1.82, 2.24) is 5.32 Å². The van der Waals surface area contributed by atoms with Crippen molar-refractivity contribution in [1.29, 1.82) is 0 Å². The molecule has 0 aliphatic carbocycles. The van der Waals surface area contributed by atoms with E-state index in [0.717, 1.165) is 12.1 Å². The van der Waals surface area contributed by atoms with E-state index in [1.807, 2.05) is 0 Å². The van der Waals surface area contributed by atoms with E-state index in [2.05, 4.69) is 5.32 Å². The van der Waals surface area contributed by atoms with Crippen LogP contribution in [0.15, 0.2) is 24.3 Å². The Morgan fingerprint density at radius 1 is 1.25 bits per heavy atom. The highest BCUT2D eigenvalue weighted by Gasteiger charge is 2.31. The zero-order chi connectivity index (χ0) is 15.5. The molecule has 1 unspecified atom stereocenters. The van der Waals surface area contributed by atoms with Crippen molar-refractivity contribution in [3.63, 3.8) is 0 Å². The van der Waals surface area contributed by atoms with E-state index in [-0.39, 0.29) is 11.8 Å². The van der Waals surface area contributed by atoms with Crippen molar-refractivity contribution in [2.45, 2.75) is 39.0 Å². The van der Waals surface area contributed by atoms with Crippen molar-refractivity contribution in [3.05, 3.63) is 35.4 Å². The highest BCUT2D eigenvalue weighted by molar-refractivity contribution is 5.82. The van der Waals surface area contributed by atoms with Gasteiger partial charge in [-0.3, -0.25) is 4.79 Å². The van der Waals surface area contributed by atoms with Crippen LogP contribution in [0.5, 0.6) is 0 Å². The highest BCUT2D eigenvalue weighted by atomic mass is 19.4. The molecule has 0 radical (unpaired) electrons. The maximum Gasteiger partial charge on any atom is 0.416 e. The fourth-order valence-corrected chi connectivity index (χ4v) is 1.68. The zero-order valence-electron chi connectivity index (χ0n) is 11.7. The molecule has 0 spiro atoms. The van der Waals surface area contributed by atoms with Gasteiger partial charge in [0.05, 0.1) is 17.6 Å². The molecule has 1 aromatic rings. The summed E-state index contributed by atoms with van der Waals surface area (Å²) >= 11 is 0. The third kappa shape index (κ3) is 4.23. The lowest BCUT2D eigenvalue weighted by Crippen LogP contribution is -2.44. The second-order valence-corrected chi connectivity index (χ2v) is 5.12. The zero-order valence-corrected chi connectivity index (χ0v) is 11.7. The van der Waals surface area contributed by atoms with Crippen LogP contribution in [0.1, 0.15) is 37.9 Å². The van der Waals surface area contributed by atoms with Crippen LogP contribution in [0.25, 0.3) is 0 Å². The summed E-state index contributed by atoms with van der Waals surface area (Å²) in [6.45, 7) is 5.23. The Morgan fingerprint density at radius 2 is 1.85 bits per heavy atom. The topological polar surface area (TPSA) is 55.1 Å². The molecule has 1 rings (SSSR count). The second-order valence-electron chi connectivity index (χ2n) is 5.12. The van der Waals surface area contributed by atoms with Gasteiger partial charge in [0.25, 0.3) is 0 Å². The van der Waals surface area contributed by atoms with Crippen LogP contribution in [0.4, 0.5) is 13.2 Å². The number of hydrogen-bond acceptors (Lipinski definition) is 2. The van der Waals surface area contributed by atoms with Crippen LogP contribution in [-0.4, -0.2) is 11.9 Å². The molecule has 0 aliphatic rings. The summed E-state index contributed by atoms with van der Waals surface area (Å²) in [6.07, 6.45) is -4.39. The molecule has 2 atom stereocenters. The molecule has 6 heteroatoms. The van der Waals surface area contributed by atoms with Crippen molar-refractivity contribution in [2.24, 2.45) is 11.7 Å². The lowest BCUT2D eigenvalue weighted by molar-refractivity contribution is -0.137. The van der Waals surface area contributed by atoms with Gasteiger partial charge in [-0.1, -0.05) is 26.0 Å². The fraction of sp³-hybridized carbons (Fsp3) is 0.500. The Bertz CT molecular complexity index is 472. The van der Waals surface area contributed by atoms with E-state index < -0.39 is 23.8 Å². The average molecular weight is 288 g/mol. The lowest BCUT2D eigenvalue weighted by Gasteiger charge is -2.20. The second kappa shape index (κ2) is 6.26. The lowest BCUT2D eigenvalue weighted by atomic mass is 10.0. The van der Waals surface area contributed by atoms with Crippen molar-refractivity contribution >= 4 is 5.91 Å².